The van der Waals surface area contributed by atoms with E-state index in [0.717, 1.165) is 16.9 Å². The zero-order valence-corrected chi connectivity index (χ0v) is 8.65. The molecule has 0 aliphatic rings. The molecule has 13 heavy (non-hydrogen) atoms. The number of fused-ring (bicyclic) bond motifs is 1. The van der Waals surface area contributed by atoms with E-state index in [9.17, 15) is 0 Å². The van der Waals surface area contributed by atoms with Gasteiger partial charge < -0.3 is 4.42 Å². The number of halogens is 1. The maximum Gasteiger partial charge on any atom is 0.256 e. The number of hydrogen-bond donors (Lipinski definition) is 0. The molecule has 2 nitrogen and oxygen atoms in total. The van der Waals surface area contributed by atoms with Gasteiger partial charge in [-0.2, -0.15) is 0 Å². The van der Waals surface area contributed by atoms with Gasteiger partial charge in [-0.1, -0.05) is 30.3 Å². The Kier molecular flexibility index (Phi) is 2.47. The predicted molar refractivity (Wildman–Crippen MR) is 55.4 cm³/mol. The quantitative estimate of drug-likeness (QED) is 0.713. The van der Waals surface area contributed by atoms with Gasteiger partial charge in [0.1, 0.15) is 5.52 Å². The standard InChI is InChI=1S/C9H8ClNOS/c1-2-13-9-11-7-5-6(10)3-4-8(7)12-9/h3-5H,2H2,1H3. The fourth-order valence-electron chi connectivity index (χ4n) is 1.06. The normalized spacial score (nSPS) is 10.9. The monoisotopic (exact) mass is 213 g/mol. The second-order valence-corrected chi connectivity index (χ2v) is 4.18. The summed E-state index contributed by atoms with van der Waals surface area (Å²) >= 11 is 7.40. The number of aromatic nitrogens is 1. The van der Waals surface area contributed by atoms with Crippen LogP contribution in [0, 0.1) is 0 Å². The van der Waals surface area contributed by atoms with Crippen LogP contribution in [0.25, 0.3) is 11.1 Å². The van der Waals surface area contributed by atoms with Gasteiger partial charge in [-0.25, -0.2) is 4.98 Å². The molecule has 0 aliphatic heterocycles. The van der Waals surface area contributed by atoms with Crippen LogP contribution in [0.1, 0.15) is 6.92 Å². The van der Waals surface area contributed by atoms with Crippen molar-refractivity contribution >= 4 is 34.5 Å². The minimum absolute atomic E-state index is 0.689. The van der Waals surface area contributed by atoms with Crippen LogP contribution in [0.3, 0.4) is 0 Å². The molecule has 2 aromatic rings. The molecule has 0 aliphatic carbocycles. The fraction of sp³-hybridized carbons (Fsp3) is 0.222. The van der Waals surface area contributed by atoms with Gasteiger partial charge >= 0.3 is 0 Å². The maximum atomic E-state index is 5.82. The Morgan fingerprint density at radius 2 is 2.38 bits per heavy atom. The Balaban J connectivity index is 2.49. The van der Waals surface area contributed by atoms with Crippen LogP contribution in [0.15, 0.2) is 27.8 Å². The lowest BCUT2D eigenvalue weighted by Gasteiger charge is -1.86. The Morgan fingerprint density at radius 3 is 3.15 bits per heavy atom. The molecule has 0 spiro atoms. The Hall–Kier alpha value is -0.670. The van der Waals surface area contributed by atoms with Crippen molar-refractivity contribution in [1.29, 1.82) is 0 Å². The number of thioether (sulfide) groups is 1. The third-order valence-corrected chi connectivity index (χ3v) is 2.54. The molecule has 0 radical (unpaired) electrons. The zero-order valence-electron chi connectivity index (χ0n) is 7.08. The average Bonchev–Trinajstić information content (AvgIpc) is 2.46. The second kappa shape index (κ2) is 3.60. The number of nitrogens with zero attached hydrogens (tertiary/aromatic N) is 1. The van der Waals surface area contributed by atoms with Gasteiger partial charge in [0, 0.05) is 5.02 Å². The Labute approximate surface area is 85.3 Å². The van der Waals surface area contributed by atoms with Crippen molar-refractivity contribution in [3.63, 3.8) is 0 Å². The minimum atomic E-state index is 0.689. The first-order chi connectivity index (χ1) is 6.29. The van der Waals surface area contributed by atoms with E-state index in [1.165, 1.54) is 0 Å². The molecule has 1 aromatic heterocycles. The van der Waals surface area contributed by atoms with E-state index in [-0.39, 0.29) is 0 Å². The molecule has 0 unspecified atom stereocenters. The lowest BCUT2D eigenvalue weighted by Crippen LogP contribution is -1.70. The van der Waals surface area contributed by atoms with Crippen LogP contribution in [-0.4, -0.2) is 10.7 Å². The van der Waals surface area contributed by atoms with Gasteiger partial charge in [0.15, 0.2) is 5.58 Å². The van der Waals surface area contributed by atoms with Crippen molar-refractivity contribution in [2.75, 3.05) is 5.75 Å². The predicted octanol–water partition coefficient (Wildman–Crippen LogP) is 3.59. The van der Waals surface area contributed by atoms with Crippen molar-refractivity contribution in [2.24, 2.45) is 0 Å². The van der Waals surface area contributed by atoms with Crippen molar-refractivity contribution in [3.8, 4) is 0 Å². The Bertz CT molecular complexity index is 426. The Morgan fingerprint density at radius 1 is 1.54 bits per heavy atom. The number of rotatable bonds is 2. The second-order valence-electron chi connectivity index (χ2n) is 2.52. The van der Waals surface area contributed by atoms with E-state index in [0.29, 0.717) is 10.2 Å². The van der Waals surface area contributed by atoms with Crippen molar-refractivity contribution in [2.45, 2.75) is 12.1 Å². The van der Waals surface area contributed by atoms with Crippen LogP contribution in [0.5, 0.6) is 0 Å². The van der Waals surface area contributed by atoms with Gasteiger partial charge in [0.05, 0.1) is 0 Å². The van der Waals surface area contributed by atoms with Gasteiger partial charge in [0.25, 0.3) is 5.22 Å². The van der Waals surface area contributed by atoms with E-state index in [1.807, 2.05) is 6.07 Å². The summed E-state index contributed by atoms with van der Waals surface area (Å²) in [7, 11) is 0. The summed E-state index contributed by atoms with van der Waals surface area (Å²) in [5.74, 6) is 0.959. The highest BCUT2D eigenvalue weighted by molar-refractivity contribution is 7.99. The molecule has 1 aromatic carbocycles. The molecule has 0 amide bonds. The van der Waals surface area contributed by atoms with Crippen molar-refractivity contribution < 1.29 is 4.42 Å². The molecule has 68 valence electrons. The fourth-order valence-corrected chi connectivity index (χ4v) is 1.79. The highest BCUT2D eigenvalue weighted by Crippen LogP contribution is 2.24. The molecule has 4 heteroatoms. The van der Waals surface area contributed by atoms with Crippen LogP contribution >= 0.6 is 23.4 Å². The third-order valence-electron chi connectivity index (χ3n) is 1.60. The zero-order chi connectivity index (χ0) is 9.26. The summed E-state index contributed by atoms with van der Waals surface area (Å²) in [6, 6.07) is 5.44. The highest BCUT2D eigenvalue weighted by atomic mass is 35.5. The van der Waals surface area contributed by atoms with E-state index in [4.69, 9.17) is 16.0 Å². The van der Waals surface area contributed by atoms with Gasteiger partial charge in [-0.15, -0.1) is 0 Å². The topological polar surface area (TPSA) is 26.0 Å². The first kappa shape index (κ1) is 8.91. The molecule has 0 bridgehead atoms. The smallest absolute Gasteiger partial charge is 0.256 e. The third kappa shape index (κ3) is 1.81. The van der Waals surface area contributed by atoms with Crippen LogP contribution < -0.4 is 0 Å². The SMILES string of the molecule is CCSc1nc2cc(Cl)ccc2o1. The number of benzene rings is 1. The summed E-state index contributed by atoms with van der Waals surface area (Å²) in [5, 5.41) is 1.40. The first-order valence-corrected chi connectivity index (χ1v) is 5.35. The van der Waals surface area contributed by atoms with E-state index in [2.05, 4.69) is 11.9 Å². The lowest BCUT2D eigenvalue weighted by atomic mass is 10.3. The van der Waals surface area contributed by atoms with Gasteiger partial charge in [-0.05, 0) is 24.0 Å². The minimum Gasteiger partial charge on any atom is -0.431 e. The van der Waals surface area contributed by atoms with Gasteiger partial charge in [0.2, 0.25) is 0 Å². The lowest BCUT2D eigenvalue weighted by molar-refractivity contribution is 0.489. The van der Waals surface area contributed by atoms with Crippen LogP contribution in [-0.2, 0) is 0 Å². The summed E-state index contributed by atoms with van der Waals surface area (Å²) < 4.78 is 5.46. The summed E-state index contributed by atoms with van der Waals surface area (Å²) in [4.78, 5) is 4.28. The molecule has 0 fully saturated rings. The first-order valence-electron chi connectivity index (χ1n) is 3.98. The molecular weight excluding hydrogens is 206 g/mol. The highest BCUT2D eigenvalue weighted by Gasteiger charge is 2.04. The molecule has 0 N–H and O–H groups in total. The number of oxazole rings is 1. The number of hydrogen-bond acceptors (Lipinski definition) is 3. The molecule has 2 rings (SSSR count). The van der Waals surface area contributed by atoms with Crippen LogP contribution in [0.4, 0.5) is 0 Å². The molecule has 1 heterocycles. The molecule has 0 saturated carbocycles. The average molecular weight is 214 g/mol. The van der Waals surface area contributed by atoms with E-state index in [1.54, 1.807) is 23.9 Å². The maximum absolute atomic E-state index is 5.82. The van der Waals surface area contributed by atoms with Crippen LogP contribution in [0.2, 0.25) is 5.02 Å². The van der Waals surface area contributed by atoms with Gasteiger partial charge in [-0.3, -0.25) is 0 Å². The van der Waals surface area contributed by atoms with E-state index < -0.39 is 0 Å². The molecular formula is C9H8ClNOS. The molecule has 0 atom stereocenters. The van der Waals surface area contributed by atoms with Crippen molar-refractivity contribution in [1.82, 2.24) is 4.98 Å². The van der Waals surface area contributed by atoms with E-state index >= 15 is 0 Å². The molecule has 0 saturated heterocycles. The summed E-state index contributed by atoms with van der Waals surface area (Å²) in [6.45, 7) is 2.06. The largest absolute Gasteiger partial charge is 0.431 e. The summed E-state index contributed by atoms with van der Waals surface area (Å²) in [5.41, 5.74) is 1.61. The summed E-state index contributed by atoms with van der Waals surface area (Å²) in [6.07, 6.45) is 0. The van der Waals surface area contributed by atoms with Crippen molar-refractivity contribution in [3.05, 3.63) is 23.2 Å².